The summed E-state index contributed by atoms with van der Waals surface area (Å²) in [6, 6.07) is 10.7. The van der Waals surface area contributed by atoms with Crippen molar-refractivity contribution in [2.24, 2.45) is 0 Å². The number of carbonyl (C=O) groups excluding carboxylic acids is 3. The fourth-order valence-electron chi connectivity index (χ4n) is 5.05. The lowest BCUT2D eigenvalue weighted by molar-refractivity contribution is -0.135. The lowest BCUT2D eigenvalue weighted by Crippen LogP contribution is -2.43. The summed E-state index contributed by atoms with van der Waals surface area (Å²) in [6.07, 6.45) is 5.33. The van der Waals surface area contributed by atoms with E-state index in [1.807, 2.05) is 13.0 Å². The zero-order chi connectivity index (χ0) is 24.6. The van der Waals surface area contributed by atoms with Crippen molar-refractivity contribution in [2.45, 2.75) is 57.5 Å². The standard InChI is InChI=1S/C27H31N3O5/c1-17(19-9-8-18-6-3-4-7-20(18)14-19)28-24(31)16-30-25(32)27(2,29-26(30)33)21-10-11-22-23(15-21)35-13-5-12-34-22/h8-11,14-15,17H,3-7,12-13,16H2,1-2H3,(H,28,31)(H,29,33)/t17-,27+/m1/s1. The first-order valence-electron chi connectivity index (χ1n) is 12.3. The monoisotopic (exact) mass is 477 g/mol. The average Bonchev–Trinajstić information content (AvgIpc) is 3.01. The average molecular weight is 478 g/mol. The molecule has 1 aliphatic carbocycles. The molecule has 0 aromatic heterocycles. The van der Waals surface area contributed by atoms with Gasteiger partial charge in [0.15, 0.2) is 11.5 Å². The number of carbonyl (C=O) groups is 3. The Balaban J connectivity index is 1.27. The van der Waals surface area contributed by atoms with Crippen molar-refractivity contribution >= 4 is 17.8 Å². The number of rotatable bonds is 5. The fraction of sp³-hybridized carbons (Fsp3) is 0.444. The highest BCUT2D eigenvalue weighted by atomic mass is 16.5. The second-order valence-corrected chi connectivity index (χ2v) is 9.68. The summed E-state index contributed by atoms with van der Waals surface area (Å²) in [5.41, 5.74) is 3.02. The number of aryl methyl sites for hydroxylation is 2. The summed E-state index contributed by atoms with van der Waals surface area (Å²) in [7, 11) is 0. The number of hydrogen-bond acceptors (Lipinski definition) is 5. The highest BCUT2D eigenvalue weighted by Crippen LogP contribution is 2.36. The second kappa shape index (κ2) is 9.24. The molecule has 0 radical (unpaired) electrons. The van der Waals surface area contributed by atoms with Crippen LogP contribution in [0.2, 0.25) is 0 Å². The van der Waals surface area contributed by atoms with Crippen LogP contribution in [0.4, 0.5) is 4.79 Å². The number of benzene rings is 2. The van der Waals surface area contributed by atoms with E-state index in [4.69, 9.17) is 9.47 Å². The van der Waals surface area contributed by atoms with E-state index in [0.29, 0.717) is 30.3 Å². The first-order valence-corrected chi connectivity index (χ1v) is 12.3. The van der Waals surface area contributed by atoms with E-state index in [1.54, 1.807) is 25.1 Å². The van der Waals surface area contributed by atoms with Crippen LogP contribution in [-0.2, 0) is 28.0 Å². The molecule has 2 heterocycles. The quantitative estimate of drug-likeness (QED) is 0.644. The number of nitrogens with zero attached hydrogens (tertiary/aromatic N) is 1. The molecule has 0 spiro atoms. The Labute approximate surface area is 205 Å². The molecule has 3 aliphatic rings. The van der Waals surface area contributed by atoms with Crippen molar-refractivity contribution < 1.29 is 23.9 Å². The summed E-state index contributed by atoms with van der Waals surface area (Å²) < 4.78 is 11.4. The van der Waals surface area contributed by atoms with Crippen LogP contribution in [-0.4, -0.2) is 42.5 Å². The maximum atomic E-state index is 13.3. The predicted molar refractivity (Wildman–Crippen MR) is 129 cm³/mol. The molecule has 1 fully saturated rings. The molecule has 2 aromatic carbocycles. The number of ether oxygens (including phenoxy) is 2. The van der Waals surface area contributed by atoms with Crippen LogP contribution in [0.25, 0.3) is 0 Å². The van der Waals surface area contributed by atoms with Gasteiger partial charge in [-0.1, -0.05) is 24.3 Å². The largest absolute Gasteiger partial charge is 0.490 e. The molecule has 4 amide bonds. The van der Waals surface area contributed by atoms with Gasteiger partial charge in [-0.05, 0) is 73.9 Å². The number of urea groups is 1. The fourth-order valence-corrected chi connectivity index (χ4v) is 5.05. The maximum absolute atomic E-state index is 13.3. The number of amides is 4. The van der Waals surface area contributed by atoms with Crippen LogP contribution in [0, 0.1) is 0 Å². The maximum Gasteiger partial charge on any atom is 0.325 e. The number of hydrogen-bond donors (Lipinski definition) is 2. The van der Waals surface area contributed by atoms with Gasteiger partial charge in [-0.15, -0.1) is 0 Å². The minimum absolute atomic E-state index is 0.233. The molecule has 0 unspecified atom stereocenters. The topological polar surface area (TPSA) is 97.0 Å². The molecular weight excluding hydrogens is 446 g/mol. The molecule has 8 nitrogen and oxygen atoms in total. The van der Waals surface area contributed by atoms with E-state index in [9.17, 15) is 14.4 Å². The Bertz CT molecular complexity index is 1180. The van der Waals surface area contributed by atoms with Gasteiger partial charge < -0.3 is 20.1 Å². The van der Waals surface area contributed by atoms with Gasteiger partial charge in [-0.3, -0.25) is 14.5 Å². The van der Waals surface area contributed by atoms with Crippen molar-refractivity contribution in [1.29, 1.82) is 0 Å². The highest BCUT2D eigenvalue weighted by Gasteiger charge is 2.49. The minimum atomic E-state index is -1.30. The zero-order valence-electron chi connectivity index (χ0n) is 20.2. The van der Waals surface area contributed by atoms with Gasteiger partial charge in [0.05, 0.1) is 19.3 Å². The normalized spacial score (nSPS) is 22.2. The van der Waals surface area contributed by atoms with Crippen molar-refractivity contribution in [3.63, 3.8) is 0 Å². The zero-order valence-corrected chi connectivity index (χ0v) is 20.2. The molecule has 2 atom stereocenters. The van der Waals surface area contributed by atoms with Gasteiger partial charge in [-0.2, -0.15) is 0 Å². The molecule has 2 aliphatic heterocycles. The van der Waals surface area contributed by atoms with Crippen molar-refractivity contribution in [2.75, 3.05) is 19.8 Å². The third kappa shape index (κ3) is 4.45. The van der Waals surface area contributed by atoms with E-state index in [0.717, 1.165) is 29.7 Å². The van der Waals surface area contributed by atoms with E-state index < -0.39 is 17.5 Å². The first-order chi connectivity index (χ1) is 16.8. The minimum Gasteiger partial charge on any atom is -0.490 e. The van der Waals surface area contributed by atoms with E-state index in [-0.39, 0.29) is 18.5 Å². The van der Waals surface area contributed by atoms with E-state index in [1.165, 1.54) is 24.0 Å². The molecule has 0 bridgehead atoms. The van der Waals surface area contributed by atoms with Gasteiger partial charge in [0.2, 0.25) is 5.91 Å². The lowest BCUT2D eigenvalue weighted by Gasteiger charge is -2.23. The number of imide groups is 1. The van der Waals surface area contributed by atoms with Crippen molar-refractivity contribution in [3.05, 3.63) is 58.7 Å². The Morgan fingerprint density at radius 1 is 1.03 bits per heavy atom. The van der Waals surface area contributed by atoms with Crippen LogP contribution in [0.15, 0.2) is 36.4 Å². The molecule has 8 heteroatoms. The molecule has 35 heavy (non-hydrogen) atoms. The van der Waals surface area contributed by atoms with Crippen LogP contribution in [0.3, 0.4) is 0 Å². The second-order valence-electron chi connectivity index (χ2n) is 9.68. The molecular formula is C27H31N3O5. The molecule has 2 N–H and O–H groups in total. The molecule has 1 saturated heterocycles. The third-order valence-corrected chi connectivity index (χ3v) is 7.15. The highest BCUT2D eigenvalue weighted by molar-refractivity contribution is 6.09. The van der Waals surface area contributed by atoms with Crippen molar-refractivity contribution in [3.8, 4) is 11.5 Å². The number of fused-ring (bicyclic) bond motifs is 2. The van der Waals surface area contributed by atoms with Gasteiger partial charge >= 0.3 is 6.03 Å². The van der Waals surface area contributed by atoms with Crippen molar-refractivity contribution in [1.82, 2.24) is 15.5 Å². The SMILES string of the molecule is C[C@@H](NC(=O)CN1C(=O)N[C@@](C)(c2ccc3c(c2)OCCCO3)C1=O)c1ccc2c(c1)CCCC2. The predicted octanol–water partition coefficient (Wildman–Crippen LogP) is 3.37. The summed E-state index contributed by atoms with van der Waals surface area (Å²) in [5.74, 6) is 0.285. The Kier molecular flexibility index (Phi) is 6.13. The first kappa shape index (κ1) is 23.2. The van der Waals surface area contributed by atoms with Gasteiger partial charge in [0.25, 0.3) is 5.91 Å². The van der Waals surface area contributed by atoms with E-state index in [2.05, 4.69) is 22.8 Å². The van der Waals surface area contributed by atoms with Crippen LogP contribution >= 0.6 is 0 Å². The Morgan fingerprint density at radius 2 is 1.77 bits per heavy atom. The molecule has 2 aromatic rings. The van der Waals surface area contributed by atoms with Gasteiger partial charge in [-0.25, -0.2) is 4.79 Å². The Hall–Kier alpha value is -3.55. The summed E-state index contributed by atoms with van der Waals surface area (Å²) in [6.45, 7) is 4.28. The number of nitrogens with one attached hydrogen (secondary N) is 2. The van der Waals surface area contributed by atoms with Gasteiger partial charge in [0, 0.05) is 6.42 Å². The van der Waals surface area contributed by atoms with Gasteiger partial charge in [0.1, 0.15) is 12.1 Å². The van der Waals surface area contributed by atoms with E-state index >= 15 is 0 Å². The summed E-state index contributed by atoms with van der Waals surface area (Å²) in [5, 5.41) is 5.69. The third-order valence-electron chi connectivity index (χ3n) is 7.15. The lowest BCUT2D eigenvalue weighted by atomic mass is 9.89. The van der Waals surface area contributed by atoms with Crippen LogP contribution in [0.5, 0.6) is 11.5 Å². The molecule has 0 saturated carbocycles. The summed E-state index contributed by atoms with van der Waals surface area (Å²) in [4.78, 5) is 39.8. The smallest absolute Gasteiger partial charge is 0.325 e. The molecule has 184 valence electrons. The van der Waals surface area contributed by atoms with Crippen LogP contribution < -0.4 is 20.1 Å². The Morgan fingerprint density at radius 3 is 2.57 bits per heavy atom. The summed E-state index contributed by atoms with van der Waals surface area (Å²) >= 11 is 0. The van der Waals surface area contributed by atoms with Crippen LogP contribution in [0.1, 0.15) is 61.4 Å². The molecule has 5 rings (SSSR count).